The molecule has 1 fully saturated rings. The predicted octanol–water partition coefficient (Wildman–Crippen LogP) is 3.65. The average molecular weight is 499 g/mol. The van der Waals surface area contributed by atoms with E-state index in [4.69, 9.17) is 21.1 Å². The van der Waals surface area contributed by atoms with Crippen molar-refractivity contribution in [2.45, 2.75) is 19.9 Å². The summed E-state index contributed by atoms with van der Waals surface area (Å²) < 4.78 is 10.9. The molecular weight excluding hydrogens is 468 g/mol. The molecule has 2 amide bonds. The van der Waals surface area contributed by atoms with Crippen molar-refractivity contribution in [1.29, 1.82) is 0 Å². The first-order valence-corrected chi connectivity index (χ1v) is 12.1. The van der Waals surface area contributed by atoms with Gasteiger partial charge >= 0.3 is 12.0 Å². The fraction of sp³-hybridized carbons (Fsp3) is 0.385. The number of anilines is 1. The average Bonchev–Trinajstić information content (AvgIpc) is 2.86. The SMILES string of the molecule is CCOc1ccccc1[C@H]1NC(=O)NC(CN2CCN(c3cc(Cl)ccc3C)CC2)=C1C(=O)OC. The Morgan fingerprint density at radius 1 is 1.14 bits per heavy atom. The largest absolute Gasteiger partial charge is 0.494 e. The van der Waals surface area contributed by atoms with Crippen molar-refractivity contribution in [2.75, 3.05) is 51.3 Å². The Kier molecular flexibility index (Phi) is 7.83. The summed E-state index contributed by atoms with van der Waals surface area (Å²) in [5, 5.41) is 6.45. The zero-order chi connectivity index (χ0) is 24.9. The molecule has 0 bridgehead atoms. The third-order valence-corrected chi connectivity index (χ3v) is 6.59. The number of hydrogen-bond donors (Lipinski definition) is 2. The number of carbonyl (C=O) groups is 2. The Balaban J connectivity index is 1.58. The number of amides is 2. The van der Waals surface area contributed by atoms with Gasteiger partial charge in [-0.3, -0.25) is 4.90 Å². The van der Waals surface area contributed by atoms with Crippen LogP contribution in [0.2, 0.25) is 5.02 Å². The fourth-order valence-electron chi connectivity index (χ4n) is 4.63. The summed E-state index contributed by atoms with van der Waals surface area (Å²) >= 11 is 6.22. The Morgan fingerprint density at radius 2 is 1.89 bits per heavy atom. The van der Waals surface area contributed by atoms with Crippen molar-refractivity contribution in [3.05, 3.63) is 69.9 Å². The Hall–Kier alpha value is -3.23. The van der Waals surface area contributed by atoms with Gasteiger partial charge in [0.25, 0.3) is 0 Å². The second kappa shape index (κ2) is 11.0. The molecule has 2 heterocycles. The van der Waals surface area contributed by atoms with E-state index in [1.807, 2.05) is 49.4 Å². The molecule has 2 aliphatic rings. The Labute approximate surface area is 210 Å². The van der Waals surface area contributed by atoms with Crippen LogP contribution in [0.15, 0.2) is 53.7 Å². The van der Waals surface area contributed by atoms with E-state index in [1.54, 1.807) is 0 Å². The van der Waals surface area contributed by atoms with Crippen molar-refractivity contribution in [1.82, 2.24) is 15.5 Å². The number of nitrogens with one attached hydrogen (secondary N) is 2. The first-order chi connectivity index (χ1) is 16.9. The third kappa shape index (κ3) is 5.55. The molecule has 2 aromatic carbocycles. The third-order valence-electron chi connectivity index (χ3n) is 6.35. The van der Waals surface area contributed by atoms with Crippen LogP contribution in [-0.2, 0) is 9.53 Å². The maximum absolute atomic E-state index is 12.9. The van der Waals surface area contributed by atoms with Crippen LogP contribution in [0, 0.1) is 6.92 Å². The lowest BCUT2D eigenvalue weighted by molar-refractivity contribution is -0.136. The van der Waals surface area contributed by atoms with Crippen LogP contribution in [0.4, 0.5) is 10.5 Å². The Morgan fingerprint density at radius 3 is 2.60 bits per heavy atom. The summed E-state index contributed by atoms with van der Waals surface area (Å²) in [7, 11) is 1.35. The van der Waals surface area contributed by atoms with Crippen LogP contribution in [0.5, 0.6) is 5.75 Å². The van der Waals surface area contributed by atoms with Crippen molar-refractivity contribution in [3.63, 3.8) is 0 Å². The molecule has 0 spiro atoms. The quantitative estimate of drug-likeness (QED) is 0.567. The molecule has 8 nitrogen and oxygen atoms in total. The van der Waals surface area contributed by atoms with Gasteiger partial charge in [0, 0.05) is 54.7 Å². The molecule has 1 atom stereocenters. The highest BCUT2D eigenvalue weighted by molar-refractivity contribution is 6.30. The standard InChI is InChI=1S/C26H31ClN4O4/c1-4-35-22-8-6-5-7-19(22)24-23(25(32)34-3)20(28-26(33)29-24)16-30-11-13-31(14-12-30)21-15-18(27)10-9-17(21)2/h5-10,15,24H,4,11-14,16H2,1-3H3,(H2,28,29,33)/t24-/m1/s1. The molecule has 0 saturated carbocycles. The van der Waals surface area contributed by atoms with Crippen LogP contribution in [-0.4, -0.2) is 63.3 Å². The van der Waals surface area contributed by atoms with E-state index in [1.165, 1.54) is 12.7 Å². The topological polar surface area (TPSA) is 83.1 Å². The van der Waals surface area contributed by atoms with Crippen LogP contribution in [0.25, 0.3) is 0 Å². The number of aryl methyl sites for hydroxylation is 1. The van der Waals surface area contributed by atoms with E-state index < -0.39 is 12.0 Å². The summed E-state index contributed by atoms with van der Waals surface area (Å²) in [6.07, 6.45) is 0. The number of halogens is 1. The maximum atomic E-state index is 12.9. The first kappa shape index (κ1) is 24.9. The molecule has 0 aliphatic carbocycles. The monoisotopic (exact) mass is 498 g/mol. The lowest BCUT2D eigenvalue weighted by atomic mass is 9.94. The number of benzene rings is 2. The number of piperazine rings is 1. The highest BCUT2D eigenvalue weighted by Gasteiger charge is 2.36. The number of rotatable bonds is 7. The minimum atomic E-state index is -0.677. The molecule has 2 aromatic rings. The maximum Gasteiger partial charge on any atom is 0.338 e. The molecule has 0 aromatic heterocycles. The summed E-state index contributed by atoms with van der Waals surface area (Å²) in [4.78, 5) is 30.1. The zero-order valence-corrected chi connectivity index (χ0v) is 21.0. The molecule has 0 radical (unpaired) electrons. The highest BCUT2D eigenvalue weighted by atomic mass is 35.5. The number of ether oxygens (including phenoxy) is 2. The van der Waals surface area contributed by atoms with E-state index in [-0.39, 0.29) is 6.03 Å². The predicted molar refractivity (Wildman–Crippen MR) is 136 cm³/mol. The van der Waals surface area contributed by atoms with Crippen molar-refractivity contribution in [2.24, 2.45) is 0 Å². The van der Waals surface area contributed by atoms with E-state index in [0.717, 1.165) is 36.9 Å². The summed E-state index contributed by atoms with van der Waals surface area (Å²) in [6.45, 7) is 8.03. The molecule has 186 valence electrons. The van der Waals surface area contributed by atoms with Gasteiger partial charge < -0.3 is 25.0 Å². The van der Waals surface area contributed by atoms with Gasteiger partial charge in [-0.2, -0.15) is 0 Å². The normalized spacial score (nSPS) is 18.7. The van der Waals surface area contributed by atoms with Crippen molar-refractivity contribution in [3.8, 4) is 5.75 Å². The van der Waals surface area contributed by atoms with Gasteiger partial charge in [-0.1, -0.05) is 35.9 Å². The van der Waals surface area contributed by atoms with Gasteiger partial charge in [0.2, 0.25) is 0 Å². The highest BCUT2D eigenvalue weighted by Crippen LogP contribution is 2.34. The fourth-order valence-corrected chi connectivity index (χ4v) is 4.79. The van der Waals surface area contributed by atoms with E-state index in [9.17, 15) is 9.59 Å². The molecule has 4 rings (SSSR count). The van der Waals surface area contributed by atoms with Gasteiger partial charge in [0.15, 0.2) is 0 Å². The minimum Gasteiger partial charge on any atom is -0.494 e. The van der Waals surface area contributed by atoms with E-state index >= 15 is 0 Å². The molecule has 1 saturated heterocycles. The molecule has 9 heteroatoms. The molecule has 35 heavy (non-hydrogen) atoms. The summed E-state index contributed by atoms with van der Waals surface area (Å²) in [6, 6.07) is 12.3. The Bertz CT molecular complexity index is 1130. The second-order valence-corrected chi connectivity index (χ2v) is 9.02. The van der Waals surface area contributed by atoms with Gasteiger partial charge in [0.05, 0.1) is 25.3 Å². The van der Waals surface area contributed by atoms with Gasteiger partial charge in [-0.25, -0.2) is 9.59 Å². The lowest BCUT2D eigenvalue weighted by Gasteiger charge is -2.38. The summed E-state index contributed by atoms with van der Waals surface area (Å²) in [5.74, 6) is 0.130. The van der Waals surface area contributed by atoms with Crippen molar-refractivity contribution < 1.29 is 19.1 Å². The number of carbonyl (C=O) groups excluding carboxylic acids is 2. The summed E-state index contributed by atoms with van der Waals surface area (Å²) in [5.41, 5.74) is 3.95. The van der Waals surface area contributed by atoms with Crippen molar-refractivity contribution >= 4 is 29.3 Å². The van der Waals surface area contributed by atoms with Crippen LogP contribution < -0.4 is 20.3 Å². The smallest absolute Gasteiger partial charge is 0.338 e. The van der Waals surface area contributed by atoms with Crippen LogP contribution in [0.1, 0.15) is 24.1 Å². The van der Waals surface area contributed by atoms with E-state index in [2.05, 4.69) is 27.4 Å². The molecule has 0 unspecified atom stereocenters. The molecular formula is C26H31ClN4O4. The van der Waals surface area contributed by atoms with Crippen LogP contribution >= 0.6 is 11.6 Å². The number of hydrogen-bond acceptors (Lipinski definition) is 6. The van der Waals surface area contributed by atoms with E-state index in [0.29, 0.717) is 35.7 Å². The molecule has 2 N–H and O–H groups in total. The number of urea groups is 1. The minimum absolute atomic E-state index is 0.364. The van der Waals surface area contributed by atoms with Gasteiger partial charge in [0.1, 0.15) is 5.75 Å². The number of methoxy groups -OCH3 is 1. The van der Waals surface area contributed by atoms with Gasteiger partial charge in [-0.05, 0) is 37.6 Å². The second-order valence-electron chi connectivity index (χ2n) is 8.58. The number of para-hydroxylation sites is 1. The number of esters is 1. The lowest BCUT2D eigenvalue weighted by Crippen LogP contribution is -2.52. The zero-order valence-electron chi connectivity index (χ0n) is 20.3. The number of nitrogens with zero attached hydrogens (tertiary/aromatic N) is 2. The van der Waals surface area contributed by atoms with Crippen LogP contribution in [0.3, 0.4) is 0 Å². The van der Waals surface area contributed by atoms with Gasteiger partial charge in [-0.15, -0.1) is 0 Å². The molecule has 2 aliphatic heterocycles. The first-order valence-electron chi connectivity index (χ1n) is 11.7.